The van der Waals surface area contributed by atoms with Crippen LogP contribution in [-0.4, -0.2) is 22.9 Å². The monoisotopic (exact) mass is 432 g/mol. The van der Waals surface area contributed by atoms with Gasteiger partial charge in [0.05, 0.1) is 0 Å². The average molecular weight is 433 g/mol. The van der Waals surface area contributed by atoms with Crippen LogP contribution in [-0.2, 0) is 11.3 Å². The summed E-state index contributed by atoms with van der Waals surface area (Å²) in [6.45, 7) is 3.78. The van der Waals surface area contributed by atoms with Crippen LogP contribution in [0.3, 0.4) is 0 Å². The van der Waals surface area contributed by atoms with Crippen molar-refractivity contribution < 1.29 is 9.59 Å². The Morgan fingerprint density at radius 3 is 2.72 bits per heavy atom. The van der Waals surface area contributed by atoms with Crippen LogP contribution in [0.1, 0.15) is 59.3 Å². The Balaban J connectivity index is 1.61. The molecule has 3 rings (SSSR count). The van der Waals surface area contributed by atoms with E-state index in [1.165, 1.54) is 23.0 Å². The predicted molar refractivity (Wildman–Crippen MR) is 123 cm³/mol. The summed E-state index contributed by atoms with van der Waals surface area (Å²) in [4.78, 5) is 37.5. The maximum atomic E-state index is 12.5. The van der Waals surface area contributed by atoms with Crippen molar-refractivity contribution in [1.82, 2.24) is 9.88 Å². The SMILES string of the molecule is Cc1cc(C)n(CC(=O)Nc2cccc(C(=O)NCCC3=CCCCC3)c2)c(=O)c1C#N. The molecule has 1 aliphatic carbocycles. The molecule has 0 saturated carbocycles. The van der Waals surface area contributed by atoms with Gasteiger partial charge in [0.15, 0.2) is 0 Å². The molecule has 2 aromatic rings. The number of nitrogens with one attached hydrogen (secondary N) is 2. The number of aryl methyl sites for hydroxylation is 2. The minimum Gasteiger partial charge on any atom is -0.352 e. The number of nitrogens with zero attached hydrogens (tertiary/aromatic N) is 2. The van der Waals surface area contributed by atoms with Gasteiger partial charge in [-0.15, -0.1) is 0 Å². The number of aromatic nitrogens is 1. The zero-order valence-electron chi connectivity index (χ0n) is 18.5. The van der Waals surface area contributed by atoms with Gasteiger partial charge < -0.3 is 15.2 Å². The molecule has 0 unspecified atom stereocenters. The number of allylic oxidation sites excluding steroid dienone is 1. The smallest absolute Gasteiger partial charge is 0.269 e. The third-order valence-electron chi connectivity index (χ3n) is 5.64. The molecule has 0 fully saturated rings. The van der Waals surface area contributed by atoms with Gasteiger partial charge in [-0.1, -0.05) is 17.7 Å². The quantitative estimate of drug-likeness (QED) is 0.652. The van der Waals surface area contributed by atoms with Crippen molar-refractivity contribution in [3.05, 3.63) is 74.7 Å². The second-order valence-electron chi connectivity index (χ2n) is 8.09. The summed E-state index contributed by atoms with van der Waals surface area (Å²) in [6, 6.07) is 10.3. The minimum atomic E-state index is -0.485. The fourth-order valence-corrected chi connectivity index (χ4v) is 3.91. The Kier molecular flexibility index (Phi) is 7.61. The fourth-order valence-electron chi connectivity index (χ4n) is 3.91. The molecule has 0 aliphatic heterocycles. The van der Waals surface area contributed by atoms with E-state index < -0.39 is 11.5 Å². The van der Waals surface area contributed by atoms with Gasteiger partial charge in [0.2, 0.25) is 5.91 Å². The van der Waals surface area contributed by atoms with E-state index in [1.807, 2.05) is 6.07 Å². The fraction of sp³-hybridized carbons (Fsp3) is 0.360. The van der Waals surface area contributed by atoms with Crippen molar-refractivity contribution >= 4 is 17.5 Å². The topological polar surface area (TPSA) is 104 Å². The second-order valence-corrected chi connectivity index (χ2v) is 8.09. The van der Waals surface area contributed by atoms with Gasteiger partial charge in [-0.2, -0.15) is 5.26 Å². The van der Waals surface area contributed by atoms with Gasteiger partial charge in [-0.05, 0) is 75.8 Å². The molecule has 0 radical (unpaired) electrons. The lowest BCUT2D eigenvalue weighted by Gasteiger charge is -2.14. The second kappa shape index (κ2) is 10.6. The Morgan fingerprint density at radius 2 is 2.00 bits per heavy atom. The van der Waals surface area contributed by atoms with Gasteiger partial charge in [0.1, 0.15) is 18.2 Å². The van der Waals surface area contributed by atoms with Crippen LogP contribution in [0.2, 0.25) is 0 Å². The molecule has 1 heterocycles. The van der Waals surface area contributed by atoms with Crippen molar-refractivity contribution in [3.63, 3.8) is 0 Å². The zero-order valence-corrected chi connectivity index (χ0v) is 18.5. The summed E-state index contributed by atoms with van der Waals surface area (Å²) < 4.78 is 1.28. The van der Waals surface area contributed by atoms with Crippen molar-refractivity contribution in [2.45, 2.75) is 52.5 Å². The normalized spacial score (nSPS) is 13.1. The molecule has 0 spiro atoms. The van der Waals surface area contributed by atoms with Crippen LogP contribution in [0, 0.1) is 25.2 Å². The standard InChI is InChI=1S/C25H28N4O3/c1-17-13-18(2)29(25(32)22(17)15-26)16-23(30)28-21-10-6-9-20(14-21)24(31)27-12-11-19-7-4-3-5-8-19/h6-7,9-10,13-14H,3-5,8,11-12,16H2,1-2H3,(H,27,31)(H,28,30). The molecule has 1 aromatic heterocycles. The van der Waals surface area contributed by atoms with Gasteiger partial charge in [-0.25, -0.2) is 0 Å². The van der Waals surface area contributed by atoms with E-state index in [-0.39, 0.29) is 18.0 Å². The summed E-state index contributed by atoms with van der Waals surface area (Å²) >= 11 is 0. The molecule has 7 heteroatoms. The average Bonchev–Trinajstić information content (AvgIpc) is 2.77. The maximum Gasteiger partial charge on any atom is 0.269 e. The third-order valence-corrected chi connectivity index (χ3v) is 5.64. The van der Waals surface area contributed by atoms with E-state index in [1.54, 1.807) is 44.2 Å². The number of amides is 2. The van der Waals surface area contributed by atoms with E-state index >= 15 is 0 Å². The van der Waals surface area contributed by atoms with E-state index in [0.29, 0.717) is 29.1 Å². The van der Waals surface area contributed by atoms with Gasteiger partial charge in [0.25, 0.3) is 11.5 Å². The number of carbonyl (C=O) groups excluding carboxylic acids is 2. The number of rotatable bonds is 7. The lowest BCUT2D eigenvalue weighted by molar-refractivity contribution is -0.116. The van der Waals surface area contributed by atoms with Crippen LogP contribution >= 0.6 is 0 Å². The molecule has 2 amide bonds. The highest BCUT2D eigenvalue weighted by molar-refractivity contribution is 5.97. The minimum absolute atomic E-state index is 0.0334. The first-order chi connectivity index (χ1) is 15.4. The predicted octanol–water partition coefficient (Wildman–Crippen LogP) is 3.60. The van der Waals surface area contributed by atoms with Crippen molar-refractivity contribution in [2.75, 3.05) is 11.9 Å². The lowest BCUT2D eigenvalue weighted by Crippen LogP contribution is -2.31. The molecule has 166 valence electrons. The van der Waals surface area contributed by atoms with Gasteiger partial charge in [0, 0.05) is 23.5 Å². The number of benzene rings is 1. The molecule has 32 heavy (non-hydrogen) atoms. The van der Waals surface area contributed by atoms with E-state index in [9.17, 15) is 19.6 Å². The summed E-state index contributed by atoms with van der Waals surface area (Å²) in [5.74, 6) is -0.605. The number of hydrogen-bond donors (Lipinski definition) is 2. The first kappa shape index (κ1) is 23.0. The summed E-state index contributed by atoms with van der Waals surface area (Å²) in [6.07, 6.45) is 7.82. The zero-order chi connectivity index (χ0) is 23.1. The van der Waals surface area contributed by atoms with Crippen molar-refractivity contribution in [2.24, 2.45) is 0 Å². The van der Waals surface area contributed by atoms with Crippen molar-refractivity contribution in [1.29, 1.82) is 5.26 Å². The molecular formula is C25H28N4O3. The Bertz CT molecular complexity index is 1150. The molecular weight excluding hydrogens is 404 g/mol. The van der Waals surface area contributed by atoms with Crippen LogP contribution in [0.4, 0.5) is 5.69 Å². The molecule has 1 aliphatic rings. The van der Waals surface area contributed by atoms with Gasteiger partial charge in [-0.3, -0.25) is 14.4 Å². The van der Waals surface area contributed by atoms with Crippen LogP contribution in [0.15, 0.2) is 46.8 Å². The van der Waals surface area contributed by atoms with E-state index in [4.69, 9.17) is 0 Å². The van der Waals surface area contributed by atoms with E-state index in [0.717, 1.165) is 19.3 Å². The number of anilines is 1. The third kappa shape index (κ3) is 5.73. The first-order valence-electron chi connectivity index (χ1n) is 10.9. The maximum absolute atomic E-state index is 12.5. The lowest BCUT2D eigenvalue weighted by atomic mass is 9.97. The summed E-state index contributed by atoms with van der Waals surface area (Å²) in [7, 11) is 0. The Morgan fingerprint density at radius 1 is 1.19 bits per heavy atom. The number of carbonyl (C=O) groups is 2. The number of hydrogen-bond acceptors (Lipinski definition) is 4. The number of pyridine rings is 1. The Labute approximate surface area is 187 Å². The van der Waals surface area contributed by atoms with E-state index in [2.05, 4.69) is 16.7 Å². The molecule has 0 saturated heterocycles. The molecule has 0 atom stereocenters. The van der Waals surface area contributed by atoms with Crippen LogP contribution in [0.5, 0.6) is 0 Å². The first-order valence-corrected chi connectivity index (χ1v) is 10.9. The highest BCUT2D eigenvalue weighted by Gasteiger charge is 2.14. The molecule has 2 N–H and O–H groups in total. The summed E-state index contributed by atoms with van der Waals surface area (Å²) in [5, 5.41) is 14.9. The van der Waals surface area contributed by atoms with Gasteiger partial charge >= 0.3 is 0 Å². The molecule has 0 bridgehead atoms. The highest BCUT2D eigenvalue weighted by Crippen LogP contribution is 2.19. The summed E-state index contributed by atoms with van der Waals surface area (Å²) in [5.41, 5.74) is 3.06. The van der Waals surface area contributed by atoms with Crippen LogP contribution in [0.25, 0.3) is 0 Å². The van der Waals surface area contributed by atoms with Crippen LogP contribution < -0.4 is 16.2 Å². The molecule has 7 nitrogen and oxygen atoms in total. The van der Waals surface area contributed by atoms with Crippen molar-refractivity contribution in [3.8, 4) is 6.07 Å². The Hall–Kier alpha value is -3.66. The number of nitriles is 1. The highest BCUT2D eigenvalue weighted by atomic mass is 16.2. The molecule has 1 aromatic carbocycles. The largest absolute Gasteiger partial charge is 0.352 e.